The molecule has 1 unspecified atom stereocenters. The van der Waals surface area contributed by atoms with Crippen LogP contribution >= 0.6 is 0 Å². The molecule has 0 bridgehead atoms. The summed E-state index contributed by atoms with van der Waals surface area (Å²) in [5.74, 6) is 0. The third-order valence-electron chi connectivity index (χ3n) is 3.52. The second kappa shape index (κ2) is 4.59. The topological polar surface area (TPSA) is 56.7 Å². The Hall–Kier alpha value is -1.89. The van der Waals surface area contributed by atoms with Crippen molar-refractivity contribution in [1.29, 1.82) is 0 Å². The number of alkyl halides is 3. The maximum Gasteiger partial charge on any atom is 0.433 e. The van der Waals surface area contributed by atoms with Crippen LogP contribution in [0, 0.1) is 0 Å². The zero-order valence-electron chi connectivity index (χ0n) is 10.6. The van der Waals surface area contributed by atoms with E-state index in [0.29, 0.717) is 12.1 Å². The first-order chi connectivity index (χ1) is 9.45. The predicted octanol–water partition coefficient (Wildman–Crippen LogP) is 2.29. The molecule has 3 rings (SSSR count). The van der Waals surface area contributed by atoms with Crippen LogP contribution in [0.3, 0.4) is 0 Å². The van der Waals surface area contributed by atoms with Gasteiger partial charge in [0, 0.05) is 23.5 Å². The van der Waals surface area contributed by atoms with E-state index < -0.39 is 11.9 Å². The van der Waals surface area contributed by atoms with Gasteiger partial charge in [-0.15, -0.1) is 0 Å². The highest BCUT2D eigenvalue weighted by Crippen LogP contribution is 2.30. The lowest BCUT2D eigenvalue weighted by atomic mass is 10.2. The number of pyridine rings is 1. The summed E-state index contributed by atoms with van der Waals surface area (Å²) >= 11 is 0. The van der Waals surface area contributed by atoms with Crippen LogP contribution in [0.25, 0.3) is 0 Å². The Morgan fingerprint density at radius 3 is 2.75 bits per heavy atom. The van der Waals surface area contributed by atoms with E-state index in [1.165, 1.54) is 12.3 Å². The van der Waals surface area contributed by atoms with Crippen LogP contribution in [-0.2, 0) is 19.1 Å². The van der Waals surface area contributed by atoms with Gasteiger partial charge in [0.25, 0.3) is 0 Å². The van der Waals surface area contributed by atoms with Gasteiger partial charge in [-0.25, -0.2) is 0 Å². The molecule has 1 aliphatic rings. The second-order valence-electron chi connectivity index (χ2n) is 4.90. The van der Waals surface area contributed by atoms with Crippen molar-refractivity contribution in [2.24, 2.45) is 5.73 Å². The molecule has 4 nitrogen and oxygen atoms in total. The Kier molecular flexibility index (Phi) is 3.01. The summed E-state index contributed by atoms with van der Waals surface area (Å²) in [6, 6.07) is 2.44. The van der Waals surface area contributed by atoms with Crippen LogP contribution in [0.15, 0.2) is 24.5 Å². The van der Waals surface area contributed by atoms with Crippen LogP contribution in [0.1, 0.15) is 35.0 Å². The quantitative estimate of drug-likeness (QED) is 0.919. The Morgan fingerprint density at radius 2 is 2.10 bits per heavy atom. The number of hydrogen-bond donors (Lipinski definition) is 1. The number of rotatable bonds is 2. The standard InChI is InChI=1S/C13H13F3N4/c14-13(15,16)12-4-1-8(5-18-12)7-20-11-3-2-10(17)9(11)6-19-20/h1,4-6,10H,2-3,7,17H2. The molecule has 7 heteroatoms. The van der Waals surface area contributed by atoms with Gasteiger partial charge in [0.15, 0.2) is 0 Å². The summed E-state index contributed by atoms with van der Waals surface area (Å²) in [6.07, 6.45) is 0.317. The van der Waals surface area contributed by atoms with Gasteiger partial charge in [-0.1, -0.05) is 6.07 Å². The average Bonchev–Trinajstić information content (AvgIpc) is 2.94. The van der Waals surface area contributed by atoms with E-state index >= 15 is 0 Å². The molecule has 1 aliphatic carbocycles. The van der Waals surface area contributed by atoms with E-state index in [1.807, 2.05) is 0 Å². The monoisotopic (exact) mass is 282 g/mol. The van der Waals surface area contributed by atoms with Crippen molar-refractivity contribution >= 4 is 0 Å². The Bertz CT molecular complexity index is 616. The van der Waals surface area contributed by atoms with Crippen molar-refractivity contribution in [2.45, 2.75) is 31.6 Å². The third kappa shape index (κ3) is 2.29. The van der Waals surface area contributed by atoms with Crippen molar-refractivity contribution in [2.75, 3.05) is 0 Å². The summed E-state index contributed by atoms with van der Waals surface area (Å²) in [6.45, 7) is 0.410. The van der Waals surface area contributed by atoms with Crippen molar-refractivity contribution in [3.05, 3.63) is 47.0 Å². The molecule has 0 aromatic carbocycles. The molecule has 2 N–H and O–H groups in total. The van der Waals surface area contributed by atoms with Crippen molar-refractivity contribution < 1.29 is 13.2 Å². The molecule has 0 fully saturated rings. The van der Waals surface area contributed by atoms with Gasteiger partial charge in [0.05, 0.1) is 12.7 Å². The lowest BCUT2D eigenvalue weighted by Crippen LogP contribution is -2.09. The van der Waals surface area contributed by atoms with E-state index in [4.69, 9.17) is 5.73 Å². The molecule has 0 saturated carbocycles. The van der Waals surface area contributed by atoms with E-state index in [1.54, 1.807) is 10.9 Å². The fraction of sp³-hybridized carbons (Fsp3) is 0.385. The number of nitrogens with two attached hydrogens (primary N) is 1. The third-order valence-corrected chi connectivity index (χ3v) is 3.52. The van der Waals surface area contributed by atoms with Crippen LogP contribution in [0.4, 0.5) is 13.2 Å². The normalized spacial score (nSPS) is 18.3. The molecule has 0 amide bonds. The first-order valence-electron chi connectivity index (χ1n) is 6.27. The number of aromatic nitrogens is 3. The Morgan fingerprint density at radius 1 is 1.30 bits per heavy atom. The predicted molar refractivity (Wildman–Crippen MR) is 65.8 cm³/mol. The number of halogens is 3. The first kappa shape index (κ1) is 13.1. The molecule has 2 aromatic heterocycles. The molecule has 20 heavy (non-hydrogen) atoms. The van der Waals surface area contributed by atoms with Gasteiger partial charge in [-0.2, -0.15) is 18.3 Å². The smallest absolute Gasteiger partial charge is 0.324 e. The molecule has 0 saturated heterocycles. The molecule has 0 spiro atoms. The highest BCUT2D eigenvalue weighted by Gasteiger charge is 2.32. The maximum atomic E-state index is 12.4. The zero-order chi connectivity index (χ0) is 14.3. The molecular formula is C13H13F3N4. The molecule has 0 aliphatic heterocycles. The zero-order valence-corrected chi connectivity index (χ0v) is 10.6. The summed E-state index contributed by atoms with van der Waals surface area (Å²) in [5.41, 5.74) is 7.83. The summed E-state index contributed by atoms with van der Waals surface area (Å²) in [7, 11) is 0. The Balaban J connectivity index is 1.81. The van der Waals surface area contributed by atoms with Gasteiger partial charge in [-0.05, 0) is 24.5 Å². The van der Waals surface area contributed by atoms with Crippen LogP contribution in [0.5, 0.6) is 0 Å². The largest absolute Gasteiger partial charge is 0.433 e. The molecule has 106 valence electrons. The highest BCUT2D eigenvalue weighted by atomic mass is 19.4. The van der Waals surface area contributed by atoms with E-state index in [0.717, 1.165) is 30.2 Å². The lowest BCUT2D eigenvalue weighted by Gasteiger charge is -2.08. The van der Waals surface area contributed by atoms with Crippen LogP contribution < -0.4 is 5.73 Å². The fourth-order valence-corrected chi connectivity index (χ4v) is 2.45. The van der Waals surface area contributed by atoms with E-state index in [9.17, 15) is 13.2 Å². The molecule has 0 radical (unpaired) electrons. The molecule has 2 heterocycles. The fourth-order valence-electron chi connectivity index (χ4n) is 2.45. The van der Waals surface area contributed by atoms with Crippen LogP contribution in [0.2, 0.25) is 0 Å². The summed E-state index contributed by atoms with van der Waals surface area (Å²) in [4.78, 5) is 3.45. The minimum absolute atomic E-state index is 0.0180. The van der Waals surface area contributed by atoms with Gasteiger partial charge >= 0.3 is 6.18 Å². The average molecular weight is 282 g/mol. The van der Waals surface area contributed by atoms with Crippen molar-refractivity contribution in [3.63, 3.8) is 0 Å². The van der Waals surface area contributed by atoms with Gasteiger partial charge in [0.2, 0.25) is 0 Å². The van der Waals surface area contributed by atoms with E-state index in [-0.39, 0.29) is 6.04 Å². The van der Waals surface area contributed by atoms with Crippen LogP contribution in [-0.4, -0.2) is 14.8 Å². The highest BCUT2D eigenvalue weighted by molar-refractivity contribution is 5.28. The maximum absolute atomic E-state index is 12.4. The number of hydrogen-bond acceptors (Lipinski definition) is 3. The number of nitrogens with zero attached hydrogens (tertiary/aromatic N) is 3. The Labute approximate surface area is 113 Å². The summed E-state index contributed by atoms with van der Waals surface area (Å²) < 4.78 is 39.1. The number of fused-ring (bicyclic) bond motifs is 1. The van der Waals surface area contributed by atoms with Crippen molar-refractivity contribution in [3.8, 4) is 0 Å². The summed E-state index contributed by atoms with van der Waals surface area (Å²) in [5, 5.41) is 4.24. The molecular weight excluding hydrogens is 269 g/mol. The van der Waals surface area contributed by atoms with Gasteiger partial charge in [-0.3, -0.25) is 9.67 Å². The minimum Gasteiger partial charge on any atom is -0.324 e. The van der Waals surface area contributed by atoms with Crippen molar-refractivity contribution in [1.82, 2.24) is 14.8 Å². The SMILES string of the molecule is NC1CCc2c1cnn2Cc1ccc(C(F)(F)F)nc1. The minimum atomic E-state index is -4.40. The lowest BCUT2D eigenvalue weighted by molar-refractivity contribution is -0.141. The van der Waals surface area contributed by atoms with E-state index in [2.05, 4.69) is 10.1 Å². The first-order valence-corrected chi connectivity index (χ1v) is 6.27. The van der Waals surface area contributed by atoms with Gasteiger partial charge < -0.3 is 5.73 Å². The van der Waals surface area contributed by atoms with Gasteiger partial charge in [0.1, 0.15) is 5.69 Å². The second-order valence-corrected chi connectivity index (χ2v) is 4.90. The molecule has 1 atom stereocenters. The molecule has 2 aromatic rings.